The number of halogens is 1. The van der Waals surface area contributed by atoms with E-state index in [1.54, 1.807) is 0 Å². The molecule has 0 unspecified atom stereocenters. The van der Waals surface area contributed by atoms with Gasteiger partial charge in [0, 0.05) is 0 Å². The van der Waals surface area contributed by atoms with Crippen LogP contribution < -0.4 is 127 Å². The Hall–Kier alpha value is 3.80. The van der Waals surface area contributed by atoms with Crippen LogP contribution in [0.3, 0.4) is 0 Å². The standard InChI is InChI=1S/CNS.HI.2K/c2-1-3;;;/h;1H;;/q-1;;2*+1/p-1. The molecule has 0 spiro atoms. The first-order valence-corrected chi connectivity index (χ1v) is 0.836. The van der Waals surface area contributed by atoms with Gasteiger partial charge in [-0.15, -0.1) is 0 Å². The Morgan fingerprint density at radius 2 is 1.33 bits per heavy atom. The molecule has 0 aliphatic rings. The molecule has 0 amide bonds. The van der Waals surface area contributed by atoms with Crippen molar-refractivity contribution in [2.45, 2.75) is 0 Å². The maximum Gasteiger partial charge on any atom is 1.00 e. The first kappa shape index (κ1) is 22.6. The number of nitrogens with zero attached hydrogens (tertiary/aromatic N) is 1. The monoisotopic (exact) mass is 263 g/mol. The van der Waals surface area contributed by atoms with Gasteiger partial charge in [0.25, 0.3) is 0 Å². The summed E-state index contributed by atoms with van der Waals surface area (Å²) in [5.41, 5.74) is 0. The zero-order valence-corrected chi connectivity index (χ0v) is 13.0. The van der Waals surface area contributed by atoms with Crippen LogP contribution in [0.5, 0.6) is 0 Å². The maximum absolute atomic E-state index is 7.13. The van der Waals surface area contributed by atoms with E-state index in [0.717, 1.165) is 0 Å². The summed E-state index contributed by atoms with van der Waals surface area (Å²) < 4.78 is 0. The SMILES string of the molecule is [I-].[K+].[K+].[N-]=C=S. The molecule has 0 aliphatic heterocycles. The molecule has 0 aromatic carbocycles. The predicted molar refractivity (Wildman–Crippen MR) is 16.0 cm³/mol. The third kappa shape index (κ3) is 25.0. The summed E-state index contributed by atoms with van der Waals surface area (Å²) in [6.45, 7) is 0. The van der Waals surface area contributed by atoms with Crippen molar-refractivity contribution >= 4 is 17.4 Å². The van der Waals surface area contributed by atoms with Crippen molar-refractivity contribution in [2.24, 2.45) is 0 Å². The van der Waals surface area contributed by atoms with Crippen LogP contribution in [0.15, 0.2) is 0 Å². The summed E-state index contributed by atoms with van der Waals surface area (Å²) in [5.74, 6) is 0. The van der Waals surface area contributed by atoms with E-state index in [4.69, 9.17) is 5.41 Å². The van der Waals surface area contributed by atoms with E-state index in [1.165, 1.54) is 5.16 Å². The Morgan fingerprint density at radius 3 is 1.33 bits per heavy atom. The van der Waals surface area contributed by atoms with Crippen LogP contribution in [-0.2, 0) is 0 Å². The van der Waals surface area contributed by atoms with Gasteiger partial charge in [-0.3, -0.25) is 0 Å². The molecule has 0 radical (unpaired) electrons. The van der Waals surface area contributed by atoms with E-state index in [1.807, 2.05) is 0 Å². The second kappa shape index (κ2) is 23.2. The molecule has 0 aromatic rings. The Kier molecular flexibility index (Phi) is 87.4. The van der Waals surface area contributed by atoms with Gasteiger partial charge in [0.2, 0.25) is 0 Å². The fraction of sp³-hybridized carbons (Fsp3) is 0. The summed E-state index contributed by atoms with van der Waals surface area (Å²) in [7, 11) is 0. The number of thiocarbonyl (C=S) groups is 1. The molecule has 0 saturated heterocycles. The average Bonchev–Trinajstić information content (AvgIpc) is 0.918. The van der Waals surface area contributed by atoms with Crippen molar-refractivity contribution in [3.05, 3.63) is 5.41 Å². The Bertz CT molecular complexity index is 34.5. The zero-order valence-electron chi connectivity index (χ0n) is 3.73. The molecule has 0 heterocycles. The van der Waals surface area contributed by atoms with E-state index >= 15 is 0 Å². The molecule has 0 aliphatic carbocycles. The summed E-state index contributed by atoms with van der Waals surface area (Å²) in [4.78, 5) is 0. The molecule has 0 aromatic heterocycles. The van der Waals surface area contributed by atoms with E-state index in [-0.39, 0.29) is 127 Å². The zero-order chi connectivity index (χ0) is 2.71. The molecule has 0 rings (SSSR count). The molecular weight excluding hydrogens is 263 g/mol. The number of isothiocyanates is 1. The minimum Gasteiger partial charge on any atom is -1.00 e. The van der Waals surface area contributed by atoms with Gasteiger partial charge in [-0.2, -0.15) is 5.16 Å². The second-order valence-electron chi connectivity index (χ2n) is 0.0913. The second-order valence-corrected chi connectivity index (χ2v) is 0.274. The Morgan fingerprint density at radius 1 is 1.33 bits per heavy atom. The largest absolute Gasteiger partial charge is 1.00 e. The Labute approximate surface area is 145 Å². The maximum atomic E-state index is 7.13. The average molecular weight is 263 g/mol. The van der Waals surface area contributed by atoms with Crippen molar-refractivity contribution in [3.63, 3.8) is 0 Å². The minimum absolute atomic E-state index is 0. The van der Waals surface area contributed by atoms with Gasteiger partial charge < -0.3 is 29.4 Å². The van der Waals surface area contributed by atoms with E-state index < -0.39 is 0 Å². The summed E-state index contributed by atoms with van der Waals surface area (Å²) in [6, 6.07) is 0. The van der Waals surface area contributed by atoms with Gasteiger partial charge in [0.05, 0.1) is 0 Å². The van der Waals surface area contributed by atoms with Crippen molar-refractivity contribution in [1.29, 1.82) is 0 Å². The normalized spacial score (nSPS) is 1.33. The smallest absolute Gasteiger partial charge is 1.00 e. The molecule has 0 bridgehead atoms. The molecule has 0 atom stereocenters. The third-order valence-corrected chi connectivity index (χ3v) is 0. The van der Waals surface area contributed by atoms with Crippen LogP contribution in [0.4, 0.5) is 0 Å². The minimum atomic E-state index is 0. The van der Waals surface area contributed by atoms with Crippen molar-refractivity contribution in [3.8, 4) is 0 Å². The van der Waals surface area contributed by atoms with Crippen LogP contribution in [0.2, 0.25) is 0 Å². The molecule has 1 nitrogen and oxygen atoms in total. The first-order valence-electron chi connectivity index (χ1n) is 0.428. The number of hydrogen-bond acceptors (Lipinski definition) is 1. The molecule has 6 heavy (non-hydrogen) atoms. The van der Waals surface area contributed by atoms with Crippen LogP contribution >= 0.6 is 12.2 Å². The molecule has 0 N–H and O–H groups in total. The fourth-order valence-corrected chi connectivity index (χ4v) is 0. The first-order chi connectivity index (χ1) is 1.41. The van der Waals surface area contributed by atoms with Gasteiger partial charge in [0.15, 0.2) is 0 Å². The van der Waals surface area contributed by atoms with Gasteiger partial charge in [-0.05, 0) is 0 Å². The summed E-state index contributed by atoms with van der Waals surface area (Å²) in [6.07, 6.45) is 0. The van der Waals surface area contributed by atoms with Gasteiger partial charge in [-0.1, -0.05) is 12.2 Å². The molecule has 5 heteroatoms. The Balaban J connectivity index is -0.00000000667. The van der Waals surface area contributed by atoms with Crippen molar-refractivity contribution in [1.82, 2.24) is 0 Å². The quantitative estimate of drug-likeness (QED) is 0.184. The molecule has 24 valence electrons. The fourth-order valence-electron chi connectivity index (χ4n) is 0. The van der Waals surface area contributed by atoms with Crippen LogP contribution in [0, 0.1) is 0 Å². The molecule has 0 saturated carbocycles. The van der Waals surface area contributed by atoms with Crippen molar-refractivity contribution in [2.75, 3.05) is 0 Å². The van der Waals surface area contributed by atoms with Crippen LogP contribution in [0.1, 0.15) is 0 Å². The summed E-state index contributed by atoms with van der Waals surface area (Å²) in [5, 5.41) is 8.47. The van der Waals surface area contributed by atoms with Crippen molar-refractivity contribution < 1.29 is 127 Å². The molecule has 0 fully saturated rings. The van der Waals surface area contributed by atoms with Crippen LogP contribution in [0.25, 0.3) is 5.41 Å². The van der Waals surface area contributed by atoms with Crippen LogP contribution in [-0.4, -0.2) is 5.16 Å². The van der Waals surface area contributed by atoms with Gasteiger partial charge >= 0.3 is 103 Å². The van der Waals surface area contributed by atoms with E-state index in [2.05, 4.69) is 12.2 Å². The number of hydrogen-bond donors (Lipinski definition) is 0. The topological polar surface area (TPSA) is 22.3 Å². The summed E-state index contributed by atoms with van der Waals surface area (Å²) >= 11 is 3.70. The predicted octanol–water partition coefficient (Wildman–Crippen LogP) is -8.33. The molecular formula is CIK2NS. The third-order valence-electron chi connectivity index (χ3n) is 0. The van der Waals surface area contributed by atoms with E-state index in [9.17, 15) is 0 Å². The van der Waals surface area contributed by atoms with E-state index in [0.29, 0.717) is 0 Å². The van der Waals surface area contributed by atoms with Gasteiger partial charge in [0.1, 0.15) is 0 Å². The van der Waals surface area contributed by atoms with Gasteiger partial charge in [-0.25, -0.2) is 0 Å². The number of rotatable bonds is 0.